The van der Waals surface area contributed by atoms with Crippen LogP contribution in [0.1, 0.15) is 30.6 Å². The van der Waals surface area contributed by atoms with E-state index in [1.807, 2.05) is 31.2 Å². The van der Waals surface area contributed by atoms with Crippen molar-refractivity contribution in [1.29, 1.82) is 0 Å². The van der Waals surface area contributed by atoms with Crippen LogP contribution in [0.3, 0.4) is 0 Å². The predicted molar refractivity (Wildman–Crippen MR) is 110 cm³/mol. The van der Waals surface area contributed by atoms with Crippen LogP contribution < -0.4 is 4.90 Å². The minimum absolute atomic E-state index is 0.125. The molecule has 1 aromatic heterocycles. The van der Waals surface area contributed by atoms with Gasteiger partial charge < -0.3 is 10.1 Å². The molecule has 2 N–H and O–H groups in total. The highest BCUT2D eigenvalue weighted by molar-refractivity contribution is 6.31. The summed E-state index contributed by atoms with van der Waals surface area (Å²) in [6.07, 6.45) is 0.188. The molecule has 1 aliphatic rings. The Kier molecular flexibility index (Phi) is 4.47. The molecule has 1 amide bonds. The van der Waals surface area contributed by atoms with Gasteiger partial charge in [-0.25, -0.2) is 0 Å². The number of aryl methyl sites for hydroxylation is 1. The van der Waals surface area contributed by atoms with E-state index in [4.69, 9.17) is 11.6 Å². The first-order valence-electron chi connectivity index (χ1n) is 9.06. The highest BCUT2D eigenvalue weighted by Gasteiger charge is 2.45. The largest absolute Gasteiger partial charge is 0.503 e. The van der Waals surface area contributed by atoms with Crippen LogP contribution in [-0.2, 0) is 9.59 Å². The van der Waals surface area contributed by atoms with E-state index in [9.17, 15) is 14.7 Å². The number of fused-ring (bicyclic) bond motifs is 1. The Bertz CT molecular complexity index is 1150. The van der Waals surface area contributed by atoms with Gasteiger partial charge in [-0.05, 0) is 31.2 Å². The number of H-pyrrole nitrogens is 1. The molecule has 2 aromatic carbocycles. The summed E-state index contributed by atoms with van der Waals surface area (Å²) in [6.45, 7) is 3.62. The van der Waals surface area contributed by atoms with Crippen molar-refractivity contribution in [2.45, 2.75) is 26.3 Å². The lowest BCUT2D eigenvalue weighted by molar-refractivity contribution is -0.118. The maximum Gasteiger partial charge on any atom is 0.294 e. The minimum atomic E-state index is -0.727. The second-order valence-corrected chi connectivity index (χ2v) is 7.24. The van der Waals surface area contributed by atoms with Gasteiger partial charge in [-0.2, -0.15) is 0 Å². The number of aliphatic hydroxyl groups is 1. The molecular formula is C22H19ClN2O3. The Morgan fingerprint density at radius 2 is 1.96 bits per heavy atom. The number of aliphatic hydroxyl groups excluding tert-OH is 1. The van der Waals surface area contributed by atoms with Crippen molar-refractivity contribution in [3.05, 3.63) is 76.1 Å². The number of hydrogen-bond acceptors (Lipinski definition) is 3. The van der Waals surface area contributed by atoms with E-state index in [0.717, 1.165) is 22.2 Å². The lowest BCUT2D eigenvalue weighted by Crippen LogP contribution is -2.31. The molecule has 142 valence electrons. The standard InChI is InChI=1S/C22H19ClN2O3/c1-3-17(26)19-20(18-12(2)24-16-10-5-4-9-15(16)18)25(22(28)21(19)27)14-8-6-7-13(23)11-14/h4-11,20,24,27H,3H2,1-2H3. The molecule has 1 unspecified atom stereocenters. The molecule has 1 aliphatic heterocycles. The second kappa shape index (κ2) is 6.84. The number of hydrogen-bond donors (Lipinski definition) is 2. The summed E-state index contributed by atoms with van der Waals surface area (Å²) in [4.78, 5) is 30.5. The molecule has 5 nitrogen and oxygen atoms in total. The summed E-state index contributed by atoms with van der Waals surface area (Å²) in [6, 6.07) is 13.8. The van der Waals surface area contributed by atoms with Crippen molar-refractivity contribution in [3.8, 4) is 0 Å². The minimum Gasteiger partial charge on any atom is -0.503 e. The zero-order valence-corrected chi connectivity index (χ0v) is 16.2. The maximum atomic E-state index is 13.0. The number of rotatable bonds is 4. The second-order valence-electron chi connectivity index (χ2n) is 6.81. The summed E-state index contributed by atoms with van der Waals surface area (Å²) < 4.78 is 0. The Hall–Kier alpha value is -3.05. The van der Waals surface area contributed by atoms with E-state index in [1.54, 1.807) is 31.2 Å². The number of para-hydroxylation sites is 1. The van der Waals surface area contributed by atoms with Crippen molar-refractivity contribution in [2.75, 3.05) is 4.90 Å². The molecule has 4 rings (SSSR count). The van der Waals surface area contributed by atoms with Gasteiger partial charge in [-0.15, -0.1) is 0 Å². The van der Waals surface area contributed by atoms with Crippen LogP contribution in [0.25, 0.3) is 10.9 Å². The Balaban J connectivity index is 2.01. The molecule has 3 aromatic rings. The average Bonchev–Trinajstić information content (AvgIpc) is 3.14. The third-order valence-electron chi connectivity index (χ3n) is 5.13. The van der Waals surface area contributed by atoms with Gasteiger partial charge in [0.15, 0.2) is 11.5 Å². The number of aromatic amines is 1. The number of aromatic nitrogens is 1. The number of halogens is 1. The molecular weight excluding hydrogens is 376 g/mol. The molecule has 2 heterocycles. The number of benzene rings is 2. The van der Waals surface area contributed by atoms with Gasteiger partial charge in [0.2, 0.25) is 0 Å². The topological polar surface area (TPSA) is 73.4 Å². The van der Waals surface area contributed by atoms with Crippen LogP contribution in [0, 0.1) is 6.92 Å². The number of carbonyl (C=O) groups is 2. The molecule has 0 saturated heterocycles. The van der Waals surface area contributed by atoms with Gasteiger partial charge in [-0.3, -0.25) is 14.5 Å². The number of amides is 1. The maximum absolute atomic E-state index is 13.0. The quantitative estimate of drug-likeness (QED) is 0.653. The van der Waals surface area contributed by atoms with Gasteiger partial charge in [0, 0.05) is 39.3 Å². The van der Waals surface area contributed by atoms with E-state index in [-0.39, 0.29) is 17.8 Å². The van der Waals surface area contributed by atoms with Crippen molar-refractivity contribution < 1.29 is 14.7 Å². The Morgan fingerprint density at radius 1 is 1.21 bits per heavy atom. The first-order chi connectivity index (χ1) is 13.4. The fraction of sp³-hybridized carbons (Fsp3) is 0.182. The zero-order chi connectivity index (χ0) is 20.0. The molecule has 1 atom stereocenters. The smallest absolute Gasteiger partial charge is 0.294 e. The third-order valence-corrected chi connectivity index (χ3v) is 5.37. The fourth-order valence-corrected chi connectivity index (χ4v) is 4.08. The monoisotopic (exact) mass is 394 g/mol. The van der Waals surface area contributed by atoms with Crippen molar-refractivity contribution in [1.82, 2.24) is 4.98 Å². The number of nitrogens with one attached hydrogen (secondary N) is 1. The van der Waals surface area contributed by atoms with Crippen molar-refractivity contribution in [2.24, 2.45) is 0 Å². The molecule has 0 saturated carbocycles. The summed E-state index contributed by atoms with van der Waals surface area (Å²) in [5, 5.41) is 12.0. The highest BCUT2D eigenvalue weighted by Crippen LogP contribution is 2.45. The molecule has 0 aliphatic carbocycles. The molecule has 0 fully saturated rings. The molecule has 0 bridgehead atoms. The van der Waals surface area contributed by atoms with Crippen LogP contribution >= 0.6 is 11.6 Å². The molecule has 0 radical (unpaired) electrons. The van der Waals surface area contributed by atoms with E-state index in [0.29, 0.717) is 10.7 Å². The Morgan fingerprint density at radius 3 is 2.68 bits per heavy atom. The lowest BCUT2D eigenvalue weighted by Gasteiger charge is -2.27. The number of carbonyl (C=O) groups excluding carboxylic acids is 2. The number of nitrogens with zero attached hydrogens (tertiary/aromatic N) is 1. The van der Waals surface area contributed by atoms with E-state index in [1.165, 1.54) is 4.90 Å². The van der Waals surface area contributed by atoms with E-state index in [2.05, 4.69) is 4.98 Å². The van der Waals surface area contributed by atoms with Crippen LogP contribution in [0.15, 0.2) is 59.9 Å². The highest BCUT2D eigenvalue weighted by atomic mass is 35.5. The lowest BCUT2D eigenvalue weighted by atomic mass is 9.92. The summed E-state index contributed by atoms with van der Waals surface area (Å²) in [7, 11) is 0. The van der Waals surface area contributed by atoms with Crippen molar-refractivity contribution >= 4 is 39.9 Å². The average molecular weight is 395 g/mol. The number of ketones is 1. The van der Waals surface area contributed by atoms with E-state index >= 15 is 0 Å². The van der Waals surface area contributed by atoms with Gasteiger partial charge >= 0.3 is 0 Å². The zero-order valence-electron chi connectivity index (χ0n) is 15.5. The first kappa shape index (κ1) is 18.3. The predicted octanol–water partition coefficient (Wildman–Crippen LogP) is 5.01. The third kappa shape index (κ3) is 2.70. The normalized spacial score (nSPS) is 17.0. The summed E-state index contributed by atoms with van der Waals surface area (Å²) >= 11 is 6.15. The van der Waals surface area contributed by atoms with E-state index < -0.39 is 17.7 Å². The van der Waals surface area contributed by atoms with Crippen LogP contribution in [0.2, 0.25) is 5.02 Å². The van der Waals surface area contributed by atoms with Crippen LogP contribution in [-0.4, -0.2) is 21.8 Å². The van der Waals surface area contributed by atoms with Crippen LogP contribution in [0.5, 0.6) is 0 Å². The number of Topliss-reactive ketones (excluding diaryl/α,β-unsaturated/α-hetero) is 1. The molecule has 6 heteroatoms. The Labute approximate surface area is 167 Å². The fourth-order valence-electron chi connectivity index (χ4n) is 3.90. The SMILES string of the molecule is CCC(=O)C1=C(O)C(=O)N(c2cccc(Cl)c2)C1c1c(C)[nH]c2ccccc12. The summed E-state index contributed by atoms with van der Waals surface area (Å²) in [5.74, 6) is -1.36. The van der Waals surface area contributed by atoms with Gasteiger partial charge in [-0.1, -0.05) is 42.8 Å². The number of anilines is 1. The molecule has 0 spiro atoms. The summed E-state index contributed by atoms with van der Waals surface area (Å²) in [5.41, 5.74) is 3.19. The van der Waals surface area contributed by atoms with Gasteiger partial charge in [0.05, 0.1) is 11.6 Å². The molecule has 28 heavy (non-hydrogen) atoms. The first-order valence-corrected chi connectivity index (χ1v) is 9.44. The van der Waals surface area contributed by atoms with Gasteiger partial charge in [0.25, 0.3) is 5.91 Å². The van der Waals surface area contributed by atoms with Crippen LogP contribution in [0.4, 0.5) is 5.69 Å². The van der Waals surface area contributed by atoms with Crippen molar-refractivity contribution in [3.63, 3.8) is 0 Å². The van der Waals surface area contributed by atoms with Gasteiger partial charge in [0.1, 0.15) is 0 Å².